The van der Waals surface area contributed by atoms with Crippen molar-refractivity contribution in [1.82, 2.24) is 4.90 Å². The zero-order valence-electron chi connectivity index (χ0n) is 10.3. The Hall–Kier alpha value is -1.58. The van der Waals surface area contributed by atoms with Crippen LogP contribution in [0.2, 0.25) is 0 Å². The Kier molecular flexibility index (Phi) is 3.55. The van der Waals surface area contributed by atoms with E-state index in [4.69, 9.17) is 20.6 Å². The number of terminal acetylenes is 1. The van der Waals surface area contributed by atoms with E-state index in [0.717, 1.165) is 4.90 Å². The van der Waals surface area contributed by atoms with Gasteiger partial charge in [0.15, 0.2) is 12.4 Å². The minimum atomic E-state index is -0.620. The SMILES string of the molecule is C#CCO[C@H]1C[C@@H]2[C@@H](OC(=O)N2C(C)=O)[C@H](C)O1. The van der Waals surface area contributed by atoms with Crippen molar-refractivity contribution in [2.75, 3.05) is 6.61 Å². The van der Waals surface area contributed by atoms with Gasteiger partial charge >= 0.3 is 6.09 Å². The van der Waals surface area contributed by atoms with Crippen LogP contribution in [0.3, 0.4) is 0 Å². The van der Waals surface area contributed by atoms with E-state index >= 15 is 0 Å². The molecule has 0 radical (unpaired) electrons. The third-order valence-electron chi connectivity index (χ3n) is 3.10. The average Bonchev–Trinajstić information content (AvgIpc) is 2.63. The second-order valence-corrected chi connectivity index (χ2v) is 4.33. The number of nitrogens with zero attached hydrogens (tertiary/aromatic N) is 1. The standard InChI is InChI=1S/C12H15NO5/c1-4-5-16-10-6-9-11(7(2)17-10)18-12(15)13(9)8(3)14/h1,7,9-11H,5-6H2,2-3H3/t7-,9+,10+,11-/m0/s1. The van der Waals surface area contributed by atoms with Gasteiger partial charge in [-0.15, -0.1) is 6.42 Å². The van der Waals surface area contributed by atoms with Gasteiger partial charge in [-0.3, -0.25) is 4.79 Å². The maximum Gasteiger partial charge on any atom is 0.417 e. The number of carbonyl (C=O) groups excluding carboxylic acids is 2. The number of imide groups is 1. The fraction of sp³-hybridized carbons (Fsp3) is 0.667. The lowest BCUT2D eigenvalue weighted by Crippen LogP contribution is -2.51. The van der Waals surface area contributed by atoms with E-state index in [-0.39, 0.29) is 24.7 Å². The molecule has 0 aromatic carbocycles. The molecule has 0 bridgehead atoms. The van der Waals surface area contributed by atoms with E-state index in [1.54, 1.807) is 6.92 Å². The highest BCUT2D eigenvalue weighted by atomic mass is 16.7. The molecule has 0 aromatic heterocycles. The Balaban J connectivity index is 2.11. The van der Waals surface area contributed by atoms with Gasteiger partial charge in [0.1, 0.15) is 6.61 Å². The summed E-state index contributed by atoms with van der Waals surface area (Å²) in [4.78, 5) is 24.2. The van der Waals surface area contributed by atoms with E-state index in [9.17, 15) is 9.59 Å². The maximum absolute atomic E-state index is 11.6. The summed E-state index contributed by atoms with van der Waals surface area (Å²) >= 11 is 0. The van der Waals surface area contributed by atoms with Gasteiger partial charge in [0.2, 0.25) is 5.91 Å². The summed E-state index contributed by atoms with van der Waals surface area (Å²) in [5.41, 5.74) is 0. The van der Waals surface area contributed by atoms with Gasteiger partial charge < -0.3 is 14.2 Å². The van der Waals surface area contributed by atoms with Gasteiger partial charge in [0, 0.05) is 13.3 Å². The molecule has 2 heterocycles. The molecule has 2 saturated heterocycles. The molecule has 2 amide bonds. The average molecular weight is 253 g/mol. The van der Waals surface area contributed by atoms with Crippen molar-refractivity contribution in [1.29, 1.82) is 0 Å². The van der Waals surface area contributed by atoms with Crippen LogP contribution in [0.25, 0.3) is 0 Å². The van der Waals surface area contributed by atoms with Crippen molar-refractivity contribution in [2.24, 2.45) is 0 Å². The molecule has 6 heteroatoms. The molecule has 2 rings (SSSR count). The monoisotopic (exact) mass is 253 g/mol. The smallest absolute Gasteiger partial charge is 0.417 e. The predicted octanol–water partition coefficient (Wildman–Crippen LogP) is 0.507. The zero-order valence-corrected chi connectivity index (χ0v) is 10.3. The van der Waals surface area contributed by atoms with Gasteiger partial charge in [-0.2, -0.15) is 0 Å². The van der Waals surface area contributed by atoms with Gasteiger partial charge in [0.25, 0.3) is 0 Å². The second kappa shape index (κ2) is 4.96. The molecule has 6 nitrogen and oxygen atoms in total. The van der Waals surface area contributed by atoms with Crippen LogP contribution in [-0.2, 0) is 19.0 Å². The molecule has 0 aromatic rings. The van der Waals surface area contributed by atoms with Crippen molar-refractivity contribution < 1.29 is 23.8 Å². The summed E-state index contributed by atoms with van der Waals surface area (Å²) < 4.78 is 16.0. The Morgan fingerprint density at radius 3 is 3.00 bits per heavy atom. The fourth-order valence-electron chi connectivity index (χ4n) is 2.36. The molecule has 4 atom stereocenters. The van der Waals surface area contributed by atoms with Gasteiger partial charge in [-0.05, 0) is 6.92 Å². The first-order valence-electron chi connectivity index (χ1n) is 5.75. The molecule has 0 aliphatic carbocycles. The van der Waals surface area contributed by atoms with Gasteiger partial charge in [0.05, 0.1) is 12.1 Å². The highest BCUT2D eigenvalue weighted by Crippen LogP contribution is 2.32. The third kappa shape index (κ3) is 2.19. The Morgan fingerprint density at radius 2 is 2.39 bits per heavy atom. The van der Waals surface area contributed by atoms with Crippen LogP contribution in [0.5, 0.6) is 0 Å². The summed E-state index contributed by atoms with van der Waals surface area (Å²) in [6.07, 6.45) is 3.58. The van der Waals surface area contributed by atoms with E-state index < -0.39 is 18.5 Å². The van der Waals surface area contributed by atoms with Crippen molar-refractivity contribution >= 4 is 12.0 Å². The number of rotatable bonds is 2. The summed E-state index contributed by atoms with van der Waals surface area (Å²) in [6, 6.07) is -0.346. The molecule has 2 aliphatic heterocycles. The molecule has 0 unspecified atom stereocenters. The normalized spacial score (nSPS) is 34.7. The zero-order chi connectivity index (χ0) is 13.3. The van der Waals surface area contributed by atoms with Crippen LogP contribution in [-0.4, -0.2) is 48.0 Å². The molecule has 2 aliphatic rings. The van der Waals surface area contributed by atoms with Crippen LogP contribution in [0.1, 0.15) is 20.3 Å². The minimum absolute atomic E-state index is 0.129. The van der Waals surface area contributed by atoms with Crippen LogP contribution < -0.4 is 0 Å². The first-order chi connectivity index (χ1) is 8.54. The van der Waals surface area contributed by atoms with Crippen molar-refractivity contribution in [2.45, 2.75) is 44.8 Å². The van der Waals surface area contributed by atoms with Crippen LogP contribution >= 0.6 is 0 Å². The molecule has 2 fully saturated rings. The van der Waals surface area contributed by atoms with E-state index in [0.29, 0.717) is 6.42 Å². The molecule has 18 heavy (non-hydrogen) atoms. The quantitative estimate of drug-likeness (QED) is 0.671. The number of ether oxygens (including phenoxy) is 3. The van der Waals surface area contributed by atoms with Crippen molar-refractivity contribution in [3.63, 3.8) is 0 Å². The molecule has 0 N–H and O–H groups in total. The van der Waals surface area contributed by atoms with E-state index in [2.05, 4.69) is 5.92 Å². The van der Waals surface area contributed by atoms with Crippen LogP contribution in [0.15, 0.2) is 0 Å². The summed E-state index contributed by atoms with van der Waals surface area (Å²) in [7, 11) is 0. The molecule has 98 valence electrons. The van der Waals surface area contributed by atoms with E-state index in [1.165, 1.54) is 6.92 Å². The number of hydrogen-bond acceptors (Lipinski definition) is 5. The van der Waals surface area contributed by atoms with Crippen LogP contribution in [0, 0.1) is 12.3 Å². The highest BCUT2D eigenvalue weighted by molar-refractivity contribution is 5.92. The lowest BCUT2D eigenvalue weighted by Gasteiger charge is -2.35. The van der Waals surface area contributed by atoms with Gasteiger partial charge in [-0.25, -0.2) is 9.69 Å². The Morgan fingerprint density at radius 1 is 1.67 bits per heavy atom. The molecular weight excluding hydrogens is 238 g/mol. The summed E-state index contributed by atoms with van der Waals surface area (Å²) in [6.45, 7) is 3.24. The number of hydrogen-bond donors (Lipinski definition) is 0. The topological polar surface area (TPSA) is 65.1 Å². The number of carbonyl (C=O) groups is 2. The van der Waals surface area contributed by atoms with Gasteiger partial charge in [-0.1, -0.05) is 5.92 Å². The fourth-order valence-corrected chi connectivity index (χ4v) is 2.36. The second-order valence-electron chi connectivity index (χ2n) is 4.33. The Bertz CT molecular complexity index is 402. The highest BCUT2D eigenvalue weighted by Gasteiger charge is 2.51. The van der Waals surface area contributed by atoms with Crippen molar-refractivity contribution in [3.05, 3.63) is 0 Å². The van der Waals surface area contributed by atoms with Crippen molar-refractivity contribution in [3.8, 4) is 12.3 Å². The number of amides is 2. The van der Waals surface area contributed by atoms with Crippen LogP contribution in [0.4, 0.5) is 4.79 Å². The summed E-state index contributed by atoms with van der Waals surface area (Å²) in [5.74, 6) is 2.02. The molecule has 0 spiro atoms. The third-order valence-corrected chi connectivity index (χ3v) is 3.10. The molecule has 0 saturated carbocycles. The maximum atomic E-state index is 11.6. The lowest BCUT2D eigenvalue weighted by molar-refractivity contribution is -0.214. The minimum Gasteiger partial charge on any atom is -0.441 e. The lowest BCUT2D eigenvalue weighted by atomic mass is 9.99. The predicted molar refractivity (Wildman–Crippen MR) is 60.3 cm³/mol. The summed E-state index contributed by atoms with van der Waals surface area (Å²) in [5, 5.41) is 0. The Labute approximate surface area is 105 Å². The first kappa shape index (κ1) is 12.9. The molecular formula is C12H15NO5. The first-order valence-corrected chi connectivity index (χ1v) is 5.75. The van der Waals surface area contributed by atoms with E-state index in [1.807, 2.05) is 0 Å². The largest absolute Gasteiger partial charge is 0.441 e. The number of fused-ring (bicyclic) bond motifs is 1.